The summed E-state index contributed by atoms with van der Waals surface area (Å²) in [6.07, 6.45) is 6.08. The molecule has 3 heterocycles. The summed E-state index contributed by atoms with van der Waals surface area (Å²) in [6.45, 7) is 3.12. The molecule has 3 aromatic rings. The molecule has 0 atom stereocenters. The van der Waals surface area contributed by atoms with Gasteiger partial charge in [0.15, 0.2) is 0 Å². The van der Waals surface area contributed by atoms with E-state index in [0.29, 0.717) is 5.82 Å². The molecule has 2 aromatic heterocycles. The van der Waals surface area contributed by atoms with Gasteiger partial charge >= 0.3 is 0 Å². The van der Waals surface area contributed by atoms with Crippen molar-refractivity contribution in [2.24, 2.45) is 13.0 Å². The Morgan fingerprint density at radius 3 is 2.64 bits per heavy atom. The van der Waals surface area contributed by atoms with Crippen molar-refractivity contribution in [1.82, 2.24) is 19.7 Å². The second-order valence-electron chi connectivity index (χ2n) is 9.36. The van der Waals surface area contributed by atoms with Gasteiger partial charge in [-0.05, 0) is 61.9 Å². The van der Waals surface area contributed by atoms with E-state index in [1.807, 2.05) is 30.1 Å². The van der Waals surface area contributed by atoms with Crippen molar-refractivity contribution in [1.29, 1.82) is 0 Å². The monoisotopic (exact) mass is 453 g/mol. The number of carbonyl (C=O) groups excluding carboxylic acids is 1. The molecule has 8 heteroatoms. The molecule has 1 amide bonds. The summed E-state index contributed by atoms with van der Waals surface area (Å²) >= 11 is 0. The van der Waals surface area contributed by atoms with Crippen LogP contribution in [0, 0.1) is 5.92 Å². The maximum absolute atomic E-state index is 13.4. The Balaban J connectivity index is 1.36. The minimum absolute atomic E-state index is 0.206. The molecule has 33 heavy (non-hydrogen) atoms. The van der Waals surface area contributed by atoms with Crippen LogP contribution in [0.3, 0.4) is 0 Å². The lowest BCUT2D eigenvalue weighted by Gasteiger charge is -2.27. The van der Waals surface area contributed by atoms with Gasteiger partial charge in [0.1, 0.15) is 5.82 Å². The van der Waals surface area contributed by atoms with E-state index in [2.05, 4.69) is 32.4 Å². The van der Waals surface area contributed by atoms with Gasteiger partial charge in [-0.2, -0.15) is 5.10 Å². The van der Waals surface area contributed by atoms with Crippen LogP contribution in [0.4, 0.5) is 14.6 Å². The number of anilines is 1. The number of nitrogens with one attached hydrogen (secondary N) is 1. The van der Waals surface area contributed by atoms with Crippen molar-refractivity contribution in [2.45, 2.75) is 51.0 Å². The predicted octanol–water partition coefficient (Wildman–Crippen LogP) is 5.00. The third-order valence-electron chi connectivity index (χ3n) is 7.01. The van der Waals surface area contributed by atoms with Gasteiger partial charge in [0.05, 0.1) is 11.9 Å². The molecule has 2 fully saturated rings. The summed E-state index contributed by atoms with van der Waals surface area (Å²) in [5.74, 6) is -2.81. The number of aromatic nitrogens is 3. The van der Waals surface area contributed by atoms with Crippen molar-refractivity contribution >= 4 is 22.5 Å². The van der Waals surface area contributed by atoms with Crippen molar-refractivity contribution in [3.05, 3.63) is 42.4 Å². The number of nitrogens with zero attached hydrogens (tertiary/aromatic N) is 4. The Labute approximate surface area is 192 Å². The highest BCUT2D eigenvalue weighted by Gasteiger charge is 2.37. The van der Waals surface area contributed by atoms with Crippen LogP contribution in [0.25, 0.3) is 21.9 Å². The first-order valence-electron chi connectivity index (χ1n) is 11.7. The van der Waals surface area contributed by atoms with Crippen LogP contribution in [0.15, 0.2) is 36.7 Å². The fourth-order valence-electron chi connectivity index (χ4n) is 4.95. The largest absolute Gasteiger partial charge is 0.310 e. The summed E-state index contributed by atoms with van der Waals surface area (Å²) in [6, 6.07) is 8.05. The zero-order valence-corrected chi connectivity index (χ0v) is 18.9. The van der Waals surface area contributed by atoms with Crippen molar-refractivity contribution in [3.8, 4) is 11.1 Å². The van der Waals surface area contributed by atoms with Crippen molar-refractivity contribution in [3.63, 3.8) is 0 Å². The average Bonchev–Trinajstić information content (AvgIpc) is 3.43. The molecule has 1 saturated heterocycles. The van der Waals surface area contributed by atoms with Gasteiger partial charge in [-0.1, -0.05) is 12.1 Å². The lowest BCUT2D eigenvalue weighted by Crippen LogP contribution is -2.32. The van der Waals surface area contributed by atoms with Crippen LogP contribution in [-0.4, -0.2) is 44.6 Å². The van der Waals surface area contributed by atoms with Crippen LogP contribution >= 0.6 is 0 Å². The third-order valence-corrected chi connectivity index (χ3v) is 7.01. The number of benzene rings is 1. The van der Waals surface area contributed by atoms with Crippen LogP contribution in [0.1, 0.15) is 44.2 Å². The quantitative estimate of drug-likeness (QED) is 0.591. The molecule has 0 unspecified atom stereocenters. The molecular formula is C25H29F2N5O. The molecule has 1 N–H and O–H groups in total. The Bertz CT molecular complexity index is 1160. The number of halogens is 2. The molecule has 6 nitrogen and oxygen atoms in total. The smallest absolute Gasteiger partial charge is 0.248 e. The minimum Gasteiger partial charge on any atom is -0.310 e. The second kappa shape index (κ2) is 8.82. The zero-order chi connectivity index (χ0) is 23.0. The first-order valence-corrected chi connectivity index (χ1v) is 11.7. The van der Waals surface area contributed by atoms with Gasteiger partial charge in [-0.3, -0.25) is 14.4 Å². The molecular weight excluding hydrogens is 424 g/mol. The Hall–Kier alpha value is -2.87. The standard InChI is InChI=1S/C25H29F2N5O/c1-31-22(16-32-10-2-3-11-32)21(15-29-31)18-4-5-19-14-28-23(13-20(19)12-18)30-24(33)17-6-8-25(26,27)9-7-17/h4-5,12-15,17H,2-3,6-11,16H2,1H3,(H,28,30,33). The van der Waals surface area contributed by atoms with E-state index in [1.54, 1.807) is 6.20 Å². The van der Waals surface area contributed by atoms with Gasteiger partial charge in [0.2, 0.25) is 11.8 Å². The Morgan fingerprint density at radius 1 is 1.12 bits per heavy atom. The lowest BCUT2D eigenvalue weighted by molar-refractivity contribution is -0.124. The predicted molar refractivity (Wildman–Crippen MR) is 124 cm³/mol. The minimum atomic E-state index is -2.64. The second-order valence-corrected chi connectivity index (χ2v) is 9.36. The van der Waals surface area contributed by atoms with Crippen molar-refractivity contribution < 1.29 is 13.6 Å². The number of carbonyl (C=O) groups is 1. The fraction of sp³-hybridized carbons (Fsp3) is 0.480. The van der Waals surface area contributed by atoms with E-state index in [0.717, 1.165) is 41.5 Å². The van der Waals surface area contributed by atoms with Crippen LogP contribution in [0.2, 0.25) is 0 Å². The number of hydrogen-bond donors (Lipinski definition) is 1. The number of hydrogen-bond acceptors (Lipinski definition) is 4. The molecule has 2 aliphatic rings. The van der Waals surface area contributed by atoms with Gasteiger partial charge < -0.3 is 5.32 Å². The molecule has 1 aliphatic carbocycles. The van der Waals surface area contributed by atoms with Gasteiger partial charge in [0, 0.05) is 49.5 Å². The molecule has 1 saturated carbocycles. The number of fused-ring (bicyclic) bond motifs is 1. The van der Waals surface area contributed by atoms with Gasteiger partial charge in [-0.25, -0.2) is 13.8 Å². The summed E-state index contributed by atoms with van der Waals surface area (Å²) in [5.41, 5.74) is 3.37. The lowest BCUT2D eigenvalue weighted by atomic mass is 9.86. The first kappa shape index (κ1) is 21.9. The normalized spacial score (nSPS) is 19.2. The summed E-state index contributed by atoms with van der Waals surface area (Å²) in [5, 5.41) is 9.27. The zero-order valence-electron chi connectivity index (χ0n) is 18.9. The van der Waals surface area contributed by atoms with E-state index < -0.39 is 11.8 Å². The topological polar surface area (TPSA) is 63.1 Å². The number of alkyl halides is 2. The number of aryl methyl sites for hydroxylation is 1. The van der Waals surface area contributed by atoms with Gasteiger partial charge in [-0.15, -0.1) is 0 Å². The Kier molecular flexibility index (Phi) is 5.86. The summed E-state index contributed by atoms with van der Waals surface area (Å²) < 4.78 is 28.8. The van der Waals surface area contributed by atoms with E-state index >= 15 is 0 Å². The molecule has 5 rings (SSSR count). The summed E-state index contributed by atoms with van der Waals surface area (Å²) in [7, 11) is 1.98. The molecule has 0 spiro atoms. The van der Waals surface area contributed by atoms with E-state index in [-0.39, 0.29) is 31.6 Å². The average molecular weight is 454 g/mol. The first-order chi connectivity index (χ1) is 15.9. The van der Waals surface area contributed by atoms with Crippen LogP contribution in [0.5, 0.6) is 0 Å². The van der Waals surface area contributed by atoms with E-state index in [9.17, 15) is 13.6 Å². The maximum atomic E-state index is 13.4. The molecule has 0 bridgehead atoms. The number of pyridine rings is 1. The maximum Gasteiger partial charge on any atom is 0.248 e. The summed E-state index contributed by atoms with van der Waals surface area (Å²) in [4.78, 5) is 19.4. The van der Waals surface area contributed by atoms with E-state index in [4.69, 9.17) is 0 Å². The third kappa shape index (κ3) is 4.76. The molecule has 1 aromatic carbocycles. The molecule has 1 aliphatic heterocycles. The SMILES string of the molecule is Cn1ncc(-c2ccc3cnc(NC(=O)C4CCC(F)(F)CC4)cc3c2)c1CN1CCCC1. The Morgan fingerprint density at radius 2 is 1.88 bits per heavy atom. The molecule has 0 radical (unpaired) electrons. The number of rotatable bonds is 5. The fourth-order valence-corrected chi connectivity index (χ4v) is 4.95. The van der Waals surface area contributed by atoms with Gasteiger partial charge in [0.25, 0.3) is 0 Å². The van der Waals surface area contributed by atoms with Crippen LogP contribution < -0.4 is 5.32 Å². The highest BCUT2D eigenvalue weighted by atomic mass is 19.3. The molecule has 174 valence electrons. The number of likely N-dealkylation sites (tertiary alicyclic amines) is 1. The van der Waals surface area contributed by atoms with E-state index in [1.165, 1.54) is 18.5 Å². The highest BCUT2D eigenvalue weighted by molar-refractivity contribution is 5.95. The van der Waals surface area contributed by atoms with Crippen molar-refractivity contribution in [2.75, 3.05) is 18.4 Å². The van der Waals surface area contributed by atoms with Crippen LogP contribution in [-0.2, 0) is 18.4 Å². The highest BCUT2D eigenvalue weighted by Crippen LogP contribution is 2.36. The number of amides is 1.